The van der Waals surface area contributed by atoms with E-state index in [1.165, 1.54) is 23.0 Å². The van der Waals surface area contributed by atoms with Gasteiger partial charge in [0.2, 0.25) is 5.91 Å². The van der Waals surface area contributed by atoms with E-state index in [1.54, 1.807) is 20.3 Å². The molecular weight excluding hydrogens is 405 g/mol. The average molecular weight is 428 g/mol. The summed E-state index contributed by atoms with van der Waals surface area (Å²) in [5.41, 5.74) is 2.71. The molecule has 0 spiro atoms. The van der Waals surface area contributed by atoms with Crippen LogP contribution in [0.3, 0.4) is 0 Å². The van der Waals surface area contributed by atoms with Crippen LogP contribution in [-0.2, 0) is 17.8 Å². The minimum atomic E-state index is -0.304. The van der Waals surface area contributed by atoms with Gasteiger partial charge in [-0.1, -0.05) is 17.4 Å². The first kappa shape index (κ1) is 19.1. The number of thiazole rings is 1. The molecule has 0 atom stereocenters. The number of hydrogen-bond acceptors (Lipinski definition) is 6. The fraction of sp³-hybridized carbons (Fsp3) is 0.364. The number of hydrogen-bond donors (Lipinski definition) is 0. The Hall–Kier alpha value is -2.87. The number of rotatable bonds is 4. The number of ether oxygens (including phenoxy) is 2. The van der Waals surface area contributed by atoms with Crippen molar-refractivity contribution in [3.8, 4) is 11.5 Å². The van der Waals surface area contributed by atoms with Gasteiger partial charge in [0.15, 0.2) is 16.6 Å². The van der Waals surface area contributed by atoms with Crippen LogP contribution in [0, 0.1) is 11.7 Å². The third-order valence-corrected chi connectivity index (χ3v) is 6.97. The summed E-state index contributed by atoms with van der Waals surface area (Å²) < 4.78 is 25.5. The van der Waals surface area contributed by atoms with Crippen LogP contribution in [0.25, 0.3) is 10.2 Å². The summed E-state index contributed by atoms with van der Waals surface area (Å²) >= 11 is 1.47. The Balaban J connectivity index is 1.26. The first-order valence-corrected chi connectivity index (χ1v) is 10.7. The largest absolute Gasteiger partial charge is 0.493 e. The number of carbonyl (C=O) groups excluding carboxylic acids is 1. The number of halogens is 1. The Morgan fingerprint density at radius 3 is 2.60 bits per heavy atom. The molecule has 6 nitrogen and oxygen atoms in total. The highest BCUT2D eigenvalue weighted by Gasteiger charge is 2.38. The lowest BCUT2D eigenvalue weighted by molar-refractivity contribution is -0.137. The third kappa shape index (κ3) is 3.15. The van der Waals surface area contributed by atoms with Gasteiger partial charge < -0.3 is 19.3 Å². The van der Waals surface area contributed by atoms with E-state index in [0.717, 1.165) is 27.6 Å². The van der Waals surface area contributed by atoms with Gasteiger partial charge in [-0.15, -0.1) is 0 Å². The molecule has 0 unspecified atom stereocenters. The molecule has 3 heterocycles. The molecule has 0 aliphatic carbocycles. The van der Waals surface area contributed by atoms with E-state index in [-0.39, 0.29) is 17.6 Å². The van der Waals surface area contributed by atoms with Gasteiger partial charge in [-0.25, -0.2) is 9.37 Å². The number of carbonyl (C=O) groups is 1. The van der Waals surface area contributed by atoms with Gasteiger partial charge >= 0.3 is 0 Å². The maximum absolute atomic E-state index is 13.9. The highest BCUT2D eigenvalue weighted by Crippen LogP contribution is 2.36. The number of methoxy groups -OCH3 is 2. The normalized spacial score (nSPS) is 16.4. The predicted molar refractivity (Wildman–Crippen MR) is 114 cm³/mol. The number of amides is 1. The molecule has 1 aromatic heterocycles. The van der Waals surface area contributed by atoms with E-state index in [0.29, 0.717) is 37.4 Å². The SMILES string of the molecule is COc1cc2c(cc1OC)CN(C(=O)C1CN(c3nc4c(F)cccc4s3)C1)CC2. The number of aromatic nitrogens is 1. The predicted octanol–water partition coefficient (Wildman–Crippen LogP) is 3.47. The summed E-state index contributed by atoms with van der Waals surface area (Å²) in [6, 6.07) is 8.97. The lowest BCUT2D eigenvalue weighted by atomic mass is 9.94. The molecule has 3 aromatic rings. The van der Waals surface area contributed by atoms with Crippen molar-refractivity contribution < 1.29 is 18.7 Å². The lowest BCUT2D eigenvalue weighted by Crippen LogP contribution is -2.55. The van der Waals surface area contributed by atoms with Gasteiger partial charge in [0.1, 0.15) is 11.3 Å². The minimum Gasteiger partial charge on any atom is -0.493 e. The number of anilines is 1. The number of fused-ring (bicyclic) bond motifs is 2. The van der Waals surface area contributed by atoms with Gasteiger partial charge in [0, 0.05) is 26.2 Å². The zero-order valence-corrected chi connectivity index (χ0v) is 17.7. The van der Waals surface area contributed by atoms with Crippen LogP contribution in [0.15, 0.2) is 30.3 Å². The van der Waals surface area contributed by atoms with E-state index in [1.807, 2.05) is 23.1 Å². The van der Waals surface area contributed by atoms with Crippen molar-refractivity contribution in [3.05, 3.63) is 47.3 Å². The Morgan fingerprint density at radius 1 is 1.17 bits per heavy atom. The molecule has 2 aliphatic heterocycles. The molecule has 156 valence electrons. The second-order valence-electron chi connectivity index (χ2n) is 7.67. The Labute approximate surface area is 177 Å². The summed E-state index contributed by atoms with van der Waals surface area (Å²) in [5, 5.41) is 0.778. The highest BCUT2D eigenvalue weighted by atomic mass is 32.1. The van der Waals surface area contributed by atoms with Crippen molar-refractivity contribution >= 4 is 32.6 Å². The molecule has 5 rings (SSSR count). The van der Waals surface area contributed by atoms with E-state index in [2.05, 4.69) is 9.88 Å². The second-order valence-corrected chi connectivity index (χ2v) is 8.68. The molecule has 30 heavy (non-hydrogen) atoms. The quantitative estimate of drug-likeness (QED) is 0.638. The first-order chi connectivity index (χ1) is 14.6. The second kappa shape index (κ2) is 7.43. The Kier molecular flexibility index (Phi) is 4.73. The average Bonchev–Trinajstić information content (AvgIpc) is 3.16. The molecule has 0 bridgehead atoms. The zero-order valence-electron chi connectivity index (χ0n) is 16.9. The van der Waals surface area contributed by atoms with Crippen molar-refractivity contribution in [3.63, 3.8) is 0 Å². The molecule has 0 radical (unpaired) electrons. The highest BCUT2D eigenvalue weighted by molar-refractivity contribution is 7.22. The van der Waals surface area contributed by atoms with Crippen molar-refractivity contribution in [2.24, 2.45) is 5.92 Å². The van der Waals surface area contributed by atoms with E-state index >= 15 is 0 Å². The minimum absolute atomic E-state index is 0.0523. The van der Waals surface area contributed by atoms with Crippen LogP contribution in [0.1, 0.15) is 11.1 Å². The van der Waals surface area contributed by atoms with Crippen LogP contribution in [0.4, 0.5) is 9.52 Å². The van der Waals surface area contributed by atoms with E-state index in [4.69, 9.17) is 9.47 Å². The fourth-order valence-corrected chi connectivity index (χ4v) is 5.16. The molecule has 0 N–H and O–H groups in total. The molecule has 1 saturated heterocycles. The van der Waals surface area contributed by atoms with Crippen LogP contribution in [0.5, 0.6) is 11.5 Å². The molecule has 0 saturated carbocycles. The number of nitrogens with zero attached hydrogens (tertiary/aromatic N) is 3. The van der Waals surface area contributed by atoms with Crippen molar-refractivity contribution in [1.82, 2.24) is 9.88 Å². The Morgan fingerprint density at radius 2 is 1.90 bits per heavy atom. The summed E-state index contributed by atoms with van der Waals surface area (Å²) in [5.74, 6) is 1.21. The maximum Gasteiger partial charge on any atom is 0.229 e. The monoisotopic (exact) mass is 427 g/mol. The number of para-hydroxylation sites is 1. The summed E-state index contributed by atoms with van der Waals surface area (Å²) in [7, 11) is 3.25. The standard InChI is InChI=1S/C22H22FN3O3S/c1-28-17-8-13-6-7-25(10-14(13)9-18(17)29-2)21(27)15-11-26(12-15)22-24-20-16(23)4-3-5-19(20)30-22/h3-5,8-9,15H,6-7,10-12H2,1-2H3. The fourth-order valence-electron chi connectivity index (χ4n) is 4.16. The van der Waals surface area contributed by atoms with Gasteiger partial charge in [0.25, 0.3) is 0 Å². The topological polar surface area (TPSA) is 54.9 Å². The number of benzene rings is 2. The van der Waals surface area contributed by atoms with Crippen LogP contribution in [-0.4, -0.2) is 49.6 Å². The smallest absolute Gasteiger partial charge is 0.229 e. The third-order valence-electron chi connectivity index (χ3n) is 5.89. The van der Waals surface area contributed by atoms with Crippen LogP contribution >= 0.6 is 11.3 Å². The summed E-state index contributed by atoms with van der Waals surface area (Å²) in [6.45, 7) is 2.52. The maximum atomic E-state index is 13.9. The molecular formula is C22H22FN3O3S. The van der Waals surface area contributed by atoms with Crippen molar-refractivity contribution in [1.29, 1.82) is 0 Å². The molecule has 1 amide bonds. The first-order valence-electron chi connectivity index (χ1n) is 9.90. The van der Waals surface area contributed by atoms with E-state index < -0.39 is 0 Å². The van der Waals surface area contributed by atoms with Gasteiger partial charge in [-0.2, -0.15) is 0 Å². The summed E-state index contributed by atoms with van der Waals surface area (Å²) in [4.78, 5) is 21.4. The lowest BCUT2D eigenvalue weighted by Gasteiger charge is -2.41. The molecule has 2 aromatic carbocycles. The Bertz CT molecular complexity index is 1130. The van der Waals surface area contributed by atoms with E-state index in [9.17, 15) is 9.18 Å². The van der Waals surface area contributed by atoms with Crippen molar-refractivity contribution in [2.45, 2.75) is 13.0 Å². The summed E-state index contributed by atoms with van der Waals surface area (Å²) in [6.07, 6.45) is 0.801. The molecule has 1 fully saturated rings. The van der Waals surface area contributed by atoms with Crippen LogP contribution in [0.2, 0.25) is 0 Å². The molecule has 2 aliphatic rings. The molecule has 8 heteroatoms. The van der Waals surface area contributed by atoms with Gasteiger partial charge in [-0.3, -0.25) is 4.79 Å². The zero-order chi connectivity index (χ0) is 20.8. The van der Waals surface area contributed by atoms with Gasteiger partial charge in [0.05, 0.1) is 24.8 Å². The van der Waals surface area contributed by atoms with Crippen molar-refractivity contribution in [2.75, 3.05) is 38.8 Å². The van der Waals surface area contributed by atoms with Gasteiger partial charge in [-0.05, 0) is 41.8 Å². The van der Waals surface area contributed by atoms with Crippen LogP contribution < -0.4 is 14.4 Å².